The van der Waals surface area contributed by atoms with Gasteiger partial charge in [0.25, 0.3) is 5.91 Å². The Labute approximate surface area is 214 Å². The predicted octanol–water partition coefficient (Wildman–Crippen LogP) is 6.27. The molecule has 0 bridgehead atoms. The fourth-order valence-corrected chi connectivity index (χ4v) is 4.19. The van der Waals surface area contributed by atoms with Crippen LogP contribution in [-0.2, 0) is 11.0 Å². The zero-order chi connectivity index (χ0) is 27.0. The number of benzene rings is 4. The van der Waals surface area contributed by atoms with Crippen LogP contribution in [0.25, 0.3) is 11.1 Å². The molecule has 1 heterocycles. The van der Waals surface area contributed by atoms with Gasteiger partial charge in [-0.15, -0.1) is 0 Å². The lowest BCUT2D eigenvalue weighted by molar-refractivity contribution is -0.137. The van der Waals surface area contributed by atoms with Gasteiger partial charge in [-0.25, -0.2) is 4.79 Å². The van der Waals surface area contributed by atoms with Crippen LogP contribution in [0.2, 0.25) is 0 Å². The second-order valence-electron chi connectivity index (χ2n) is 8.37. The minimum Gasteiger partial charge on any atom is -0.505 e. The summed E-state index contributed by atoms with van der Waals surface area (Å²) in [6, 6.07) is 21.8. The number of carboxylic acid groups (broad SMARTS) is 1. The summed E-state index contributed by atoms with van der Waals surface area (Å²) in [6.45, 7) is 0. The van der Waals surface area contributed by atoms with E-state index in [1.54, 1.807) is 48.5 Å². The summed E-state index contributed by atoms with van der Waals surface area (Å²) in [5.74, 6) is -1.99. The van der Waals surface area contributed by atoms with E-state index in [1.165, 1.54) is 30.3 Å². The van der Waals surface area contributed by atoms with Crippen LogP contribution in [0.3, 0.4) is 0 Å². The Kier molecular flexibility index (Phi) is 6.08. The van der Waals surface area contributed by atoms with Gasteiger partial charge >= 0.3 is 12.1 Å². The van der Waals surface area contributed by atoms with Crippen molar-refractivity contribution in [3.63, 3.8) is 0 Å². The quantitative estimate of drug-likeness (QED) is 0.214. The Hall–Kier alpha value is -5.12. The Morgan fingerprint density at radius 3 is 2.34 bits per heavy atom. The van der Waals surface area contributed by atoms with Crippen molar-refractivity contribution in [2.75, 3.05) is 10.3 Å². The summed E-state index contributed by atoms with van der Waals surface area (Å²) in [5, 5.41) is 24.3. The largest absolute Gasteiger partial charge is 0.505 e. The molecular formula is C28H18F3N3O4. The fraction of sp³-hybridized carbons (Fsp3) is 0.0357. The normalized spacial score (nSPS) is 14.0. The predicted molar refractivity (Wildman–Crippen MR) is 136 cm³/mol. The molecule has 38 heavy (non-hydrogen) atoms. The number of fused-ring (bicyclic) bond motifs is 1. The third-order valence-electron chi connectivity index (χ3n) is 5.98. The zero-order valence-corrected chi connectivity index (χ0v) is 19.4. The maximum Gasteiger partial charge on any atom is 0.416 e. The SMILES string of the molecule is O=C(O)c1cccc(-c2cccc(N/N=C3\C(=O)N(c4cccc(C(F)(F)F)c4)c4ccccc43)c2O)c1. The molecule has 0 saturated heterocycles. The molecule has 1 aliphatic rings. The molecule has 190 valence electrons. The lowest BCUT2D eigenvalue weighted by Crippen LogP contribution is -2.26. The summed E-state index contributed by atoms with van der Waals surface area (Å²) >= 11 is 0. The van der Waals surface area contributed by atoms with Gasteiger partial charge in [-0.1, -0.05) is 48.5 Å². The number of phenolic OH excluding ortho intramolecular Hbond substituents is 1. The van der Waals surface area contributed by atoms with E-state index in [2.05, 4.69) is 10.5 Å². The maximum absolute atomic E-state index is 13.4. The van der Waals surface area contributed by atoms with E-state index in [1.807, 2.05) is 0 Å². The van der Waals surface area contributed by atoms with E-state index in [-0.39, 0.29) is 28.4 Å². The lowest BCUT2D eigenvalue weighted by Gasteiger charge is -2.18. The standard InChI is InChI=1S/C28H18F3N3O4/c29-28(30,31)18-8-4-9-19(15-18)34-23-13-2-1-10-21(23)24(26(34)36)33-32-22-12-5-11-20(25(22)35)16-6-3-7-17(14-16)27(37)38/h1-15,32,35H,(H,37,38)/b33-24-. The highest BCUT2D eigenvalue weighted by atomic mass is 19.4. The average molecular weight is 517 g/mol. The summed E-state index contributed by atoms with van der Waals surface area (Å²) < 4.78 is 39.9. The number of rotatable bonds is 5. The van der Waals surface area contributed by atoms with E-state index >= 15 is 0 Å². The van der Waals surface area contributed by atoms with Crippen molar-refractivity contribution in [1.29, 1.82) is 0 Å². The van der Waals surface area contributed by atoms with Crippen LogP contribution in [-0.4, -0.2) is 27.8 Å². The van der Waals surface area contributed by atoms with Gasteiger partial charge < -0.3 is 10.2 Å². The fourth-order valence-electron chi connectivity index (χ4n) is 4.19. The van der Waals surface area contributed by atoms with E-state index in [9.17, 15) is 33.0 Å². The van der Waals surface area contributed by atoms with Gasteiger partial charge in [-0.2, -0.15) is 18.3 Å². The lowest BCUT2D eigenvalue weighted by atomic mass is 10.0. The third-order valence-corrected chi connectivity index (χ3v) is 5.98. The molecule has 1 aliphatic heterocycles. The number of nitrogens with one attached hydrogen (secondary N) is 1. The third kappa shape index (κ3) is 4.43. The minimum absolute atomic E-state index is 0.0330. The van der Waals surface area contributed by atoms with Crippen molar-refractivity contribution in [1.82, 2.24) is 0 Å². The molecule has 0 atom stereocenters. The number of aromatic carboxylic acids is 1. The summed E-state index contributed by atoms with van der Waals surface area (Å²) in [4.78, 5) is 25.9. The molecule has 0 unspecified atom stereocenters. The molecule has 4 aromatic rings. The van der Waals surface area contributed by atoms with E-state index in [0.29, 0.717) is 22.4 Å². The first-order valence-electron chi connectivity index (χ1n) is 11.3. The first kappa shape index (κ1) is 24.6. The molecular weight excluding hydrogens is 499 g/mol. The Morgan fingerprint density at radius 1 is 0.868 bits per heavy atom. The molecule has 0 aromatic heterocycles. The van der Waals surface area contributed by atoms with E-state index < -0.39 is 23.6 Å². The first-order chi connectivity index (χ1) is 18.1. The van der Waals surface area contributed by atoms with Gasteiger partial charge in [0.1, 0.15) is 5.75 Å². The molecule has 10 heteroatoms. The van der Waals surface area contributed by atoms with Crippen LogP contribution < -0.4 is 10.3 Å². The van der Waals surface area contributed by atoms with Crippen molar-refractivity contribution in [3.8, 4) is 16.9 Å². The van der Waals surface area contributed by atoms with Crippen molar-refractivity contribution < 1.29 is 33.0 Å². The van der Waals surface area contributed by atoms with Gasteiger partial charge in [-0.3, -0.25) is 15.1 Å². The number of para-hydroxylation sites is 2. The summed E-state index contributed by atoms with van der Waals surface area (Å²) in [7, 11) is 0. The van der Waals surface area contributed by atoms with Crippen LogP contribution in [0.5, 0.6) is 5.75 Å². The van der Waals surface area contributed by atoms with Crippen LogP contribution in [0, 0.1) is 0 Å². The Bertz CT molecular complexity index is 1620. The molecule has 0 saturated carbocycles. The highest BCUT2D eigenvalue weighted by Gasteiger charge is 2.37. The maximum atomic E-state index is 13.4. The molecule has 3 N–H and O–H groups in total. The number of hydrogen-bond donors (Lipinski definition) is 3. The summed E-state index contributed by atoms with van der Waals surface area (Å²) in [6.07, 6.45) is -4.58. The molecule has 4 aromatic carbocycles. The Balaban J connectivity index is 1.51. The van der Waals surface area contributed by atoms with Gasteiger partial charge in [0.2, 0.25) is 0 Å². The number of aromatic hydroxyl groups is 1. The number of amides is 1. The van der Waals surface area contributed by atoms with Gasteiger partial charge in [0.05, 0.1) is 22.5 Å². The van der Waals surface area contributed by atoms with E-state index in [0.717, 1.165) is 17.0 Å². The molecule has 1 amide bonds. The van der Waals surface area contributed by atoms with Gasteiger partial charge in [0.15, 0.2) is 5.71 Å². The number of hydrogen-bond acceptors (Lipinski definition) is 5. The van der Waals surface area contributed by atoms with Crippen molar-refractivity contribution in [2.24, 2.45) is 5.10 Å². The number of carbonyl (C=O) groups excluding carboxylic acids is 1. The number of alkyl halides is 3. The first-order valence-corrected chi connectivity index (χ1v) is 11.3. The van der Waals surface area contributed by atoms with Crippen molar-refractivity contribution >= 4 is 34.7 Å². The number of halogens is 3. The highest BCUT2D eigenvalue weighted by Crippen LogP contribution is 2.39. The number of anilines is 3. The second-order valence-corrected chi connectivity index (χ2v) is 8.37. The number of nitrogens with zero attached hydrogens (tertiary/aromatic N) is 2. The van der Waals surface area contributed by atoms with Gasteiger partial charge in [0, 0.05) is 16.8 Å². The Morgan fingerprint density at radius 2 is 1.58 bits per heavy atom. The van der Waals surface area contributed by atoms with Crippen molar-refractivity contribution in [2.45, 2.75) is 6.18 Å². The monoisotopic (exact) mass is 517 g/mol. The van der Waals surface area contributed by atoms with Crippen LogP contribution in [0.4, 0.5) is 30.2 Å². The molecule has 0 radical (unpaired) electrons. The topological polar surface area (TPSA) is 102 Å². The van der Waals surface area contributed by atoms with Crippen LogP contribution in [0.15, 0.2) is 96.1 Å². The molecule has 5 rings (SSSR count). The molecule has 0 spiro atoms. The molecule has 0 fully saturated rings. The van der Waals surface area contributed by atoms with Crippen LogP contribution in [0.1, 0.15) is 21.5 Å². The number of carboxylic acids is 1. The van der Waals surface area contributed by atoms with Crippen molar-refractivity contribution in [3.05, 3.63) is 108 Å². The molecule has 0 aliphatic carbocycles. The second kappa shape index (κ2) is 9.40. The number of hydrazone groups is 1. The average Bonchev–Trinajstić information content (AvgIpc) is 3.18. The van der Waals surface area contributed by atoms with Crippen LogP contribution >= 0.6 is 0 Å². The smallest absolute Gasteiger partial charge is 0.416 e. The highest BCUT2D eigenvalue weighted by molar-refractivity contribution is 6.55. The minimum atomic E-state index is -4.58. The zero-order valence-electron chi connectivity index (χ0n) is 19.4. The van der Waals surface area contributed by atoms with E-state index in [4.69, 9.17) is 0 Å². The van der Waals surface area contributed by atoms with Gasteiger partial charge in [-0.05, 0) is 48.0 Å². The number of carbonyl (C=O) groups is 2. The number of phenols is 1. The molecule has 7 nitrogen and oxygen atoms in total. The summed E-state index contributed by atoms with van der Waals surface area (Å²) in [5.41, 5.74) is 3.49.